The Hall–Kier alpha value is -2.50. The van der Waals surface area contributed by atoms with E-state index in [2.05, 4.69) is 11.1 Å². The fourth-order valence-corrected chi connectivity index (χ4v) is 2.27. The van der Waals surface area contributed by atoms with Crippen LogP contribution in [-0.2, 0) is 31.1 Å². The number of carbonyl (C=O) groups excluding carboxylic acids is 1. The fraction of sp³-hybridized carbons (Fsp3) is 0.143. The van der Waals surface area contributed by atoms with Gasteiger partial charge in [-0.05, 0) is 36.6 Å². The van der Waals surface area contributed by atoms with E-state index < -0.39 is 11.7 Å². The summed E-state index contributed by atoms with van der Waals surface area (Å²) in [5, 5.41) is 9.35. The molecule has 1 radical (unpaired) electrons. The minimum absolute atomic E-state index is 0. The van der Waals surface area contributed by atoms with E-state index in [0.717, 1.165) is 23.0 Å². The summed E-state index contributed by atoms with van der Waals surface area (Å²) in [6.07, 6.45) is -3.17. The number of pyridine rings is 1. The van der Waals surface area contributed by atoms with Gasteiger partial charge in [0.15, 0.2) is 5.78 Å². The second-order valence-electron chi connectivity index (χ2n) is 5.77. The molecule has 0 aliphatic rings. The molecule has 3 rings (SSSR count). The summed E-state index contributed by atoms with van der Waals surface area (Å²) in [5.74, 6) is -0.0625. The number of fused-ring (bicyclic) bond motifs is 1. The molecule has 149 valence electrons. The molecule has 0 aliphatic heterocycles. The first-order valence-corrected chi connectivity index (χ1v) is 8.00. The van der Waals surface area contributed by atoms with Crippen LogP contribution in [0.25, 0.3) is 22.2 Å². The fourth-order valence-electron chi connectivity index (χ4n) is 2.27. The Balaban J connectivity index is 0.000000425. The monoisotopic (exact) mass is 565 g/mol. The molecule has 1 N–H and O–H groups in total. The third-order valence-corrected chi connectivity index (χ3v) is 3.43. The molecule has 0 amide bonds. The number of aliphatic hydroxyl groups excluding tert-OH is 1. The van der Waals surface area contributed by atoms with E-state index >= 15 is 0 Å². The number of aliphatic hydroxyl groups is 1. The third kappa shape index (κ3) is 6.91. The van der Waals surface area contributed by atoms with Gasteiger partial charge in [-0.15, -0.1) is 29.8 Å². The largest absolute Gasteiger partial charge is 0.512 e. The van der Waals surface area contributed by atoms with Crippen molar-refractivity contribution in [1.29, 1.82) is 0 Å². The molecule has 28 heavy (non-hydrogen) atoms. The van der Waals surface area contributed by atoms with Gasteiger partial charge < -0.3 is 5.11 Å². The number of rotatable bonds is 2. The maximum Gasteiger partial charge on any atom is 0.381 e. The van der Waals surface area contributed by atoms with Crippen molar-refractivity contribution < 1.29 is 43.2 Å². The standard InChI is InChI=1S/C16H9F3N.C5H8O2.Ir/c17-16(18,19)13-8-5-12(6-9-13)15-10-7-11-3-1-2-4-14(11)20-15;1-4(6)3-5(2)7;/h1-5,7-10H;3,6H,1-2H3;/q-1;;/b;4-3-;. The number of allylic oxidation sites excluding steroid dienone is 2. The summed E-state index contributed by atoms with van der Waals surface area (Å²) >= 11 is 0. The van der Waals surface area contributed by atoms with Crippen LogP contribution in [0.15, 0.2) is 66.4 Å². The average Bonchev–Trinajstić information content (AvgIpc) is 2.60. The number of hydrogen-bond donors (Lipinski definition) is 1. The summed E-state index contributed by atoms with van der Waals surface area (Å²) in [7, 11) is 0. The number of aromatic nitrogens is 1. The van der Waals surface area contributed by atoms with Crippen molar-refractivity contribution in [2.75, 3.05) is 0 Å². The molecule has 0 fully saturated rings. The van der Waals surface area contributed by atoms with Crippen molar-refractivity contribution in [3.8, 4) is 11.3 Å². The second kappa shape index (κ2) is 10.2. The number of carbonyl (C=O) groups is 1. The summed E-state index contributed by atoms with van der Waals surface area (Å²) < 4.78 is 37.5. The van der Waals surface area contributed by atoms with Gasteiger partial charge in [0.1, 0.15) is 0 Å². The number of halogens is 3. The van der Waals surface area contributed by atoms with E-state index in [1.807, 2.05) is 30.3 Å². The van der Waals surface area contributed by atoms with Crippen LogP contribution in [0.1, 0.15) is 19.4 Å². The third-order valence-electron chi connectivity index (χ3n) is 3.43. The number of para-hydroxylation sites is 1. The van der Waals surface area contributed by atoms with Crippen LogP contribution in [0.2, 0.25) is 0 Å². The molecule has 1 aromatic heterocycles. The normalized spacial score (nSPS) is 11.2. The molecule has 1 heterocycles. The van der Waals surface area contributed by atoms with E-state index in [4.69, 9.17) is 5.11 Å². The van der Waals surface area contributed by atoms with E-state index in [-0.39, 0.29) is 31.6 Å². The Labute approximate surface area is 174 Å². The smallest absolute Gasteiger partial charge is 0.381 e. The number of hydrogen-bond acceptors (Lipinski definition) is 3. The zero-order valence-electron chi connectivity index (χ0n) is 15.0. The average molecular weight is 565 g/mol. The number of nitrogens with zero attached hydrogens (tertiary/aromatic N) is 1. The SMILES string of the molecule is CC(=O)/C=C(/C)O.FC(F)(F)c1c[c-]c(-c2ccc3ccccc3n2)cc1.[Ir]. The van der Waals surface area contributed by atoms with Gasteiger partial charge in [0.2, 0.25) is 0 Å². The minimum Gasteiger partial charge on any atom is -0.512 e. The second-order valence-corrected chi connectivity index (χ2v) is 5.77. The van der Waals surface area contributed by atoms with Gasteiger partial charge >= 0.3 is 6.18 Å². The van der Waals surface area contributed by atoms with Crippen LogP contribution in [-0.4, -0.2) is 15.9 Å². The number of alkyl halides is 3. The molecule has 0 aliphatic carbocycles. The summed E-state index contributed by atoms with van der Waals surface area (Å²) in [4.78, 5) is 14.4. The van der Waals surface area contributed by atoms with Crippen LogP contribution >= 0.6 is 0 Å². The Morgan fingerprint density at radius 3 is 2.25 bits per heavy atom. The van der Waals surface area contributed by atoms with Crippen LogP contribution in [0, 0.1) is 6.07 Å². The first-order chi connectivity index (χ1) is 12.7. The van der Waals surface area contributed by atoms with Crippen molar-refractivity contribution >= 4 is 16.7 Å². The van der Waals surface area contributed by atoms with Crippen LogP contribution in [0.3, 0.4) is 0 Å². The summed E-state index contributed by atoms with van der Waals surface area (Å²) in [5.41, 5.74) is 1.25. The maximum atomic E-state index is 12.5. The van der Waals surface area contributed by atoms with E-state index in [1.165, 1.54) is 26.0 Å². The van der Waals surface area contributed by atoms with Crippen LogP contribution in [0.4, 0.5) is 13.2 Å². The zero-order chi connectivity index (χ0) is 20.0. The quantitative estimate of drug-likeness (QED) is 0.245. The molecule has 2 aromatic carbocycles. The first-order valence-electron chi connectivity index (χ1n) is 8.00. The summed E-state index contributed by atoms with van der Waals surface area (Å²) in [6.45, 7) is 2.85. The maximum absolute atomic E-state index is 12.5. The molecule has 3 nitrogen and oxygen atoms in total. The van der Waals surface area contributed by atoms with E-state index in [1.54, 1.807) is 6.07 Å². The van der Waals surface area contributed by atoms with Crippen molar-refractivity contribution in [2.45, 2.75) is 20.0 Å². The van der Waals surface area contributed by atoms with Crippen LogP contribution in [0.5, 0.6) is 0 Å². The topological polar surface area (TPSA) is 50.2 Å². The van der Waals surface area contributed by atoms with Gasteiger partial charge in [0.25, 0.3) is 0 Å². The molecular weight excluding hydrogens is 547 g/mol. The van der Waals surface area contributed by atoms with Gasteiger partial charge in [0, 0.05) is 26.2 Å². The molecule has 7 heteroatoms. The molecular formula is C21H17F3IrNO2-. The van der Waals surface area contributed by atoms with Gasteiger partial charge in [-0.2, -0.15) is 13.2 Å². The predicted molar refractivity (Wildman–Crippen MR) is 98.1 cm³/mol. The number of benzene rings is 2. The first kappa shape index (κ1) is 23.5. The Morgan fingerprint density at radius 2 is 1.75 bits per heavy atom. The Kier molecular flexibility index (Phi) is 8.54. The molecule has 3 aromatic rings. The molecule has 0 atom stereocenters. The molecule has 0 bridgehead atoms. The van der Waals surface area contributed by atoms with Crippen molar-refractivity contribution in [3.63, 3.8) is 0 Å². The van der Waals surface area contributed by atoms with Gasteiger partial charge in [0.05, 0.1) is 11.3 Å². The summed E-state index contributed by atoms with van der Waals surface area (Å²) in [6, 6.07) is 17.3. The van der Waals surface area contributed by atoms with Crippen molar-refractivity contribution in [3.05, 3.63) is 78.1 Å². The van der Waals surface area contributed by atoms with Crippen molar-refractivity contribution in [2.24, 2.45) is 0 Å². The number of ketones is 1. The zero-order valence-corrected chi connectivity index (χ0v) is 17.4. The molecule has 0 saturated carbocycles. The minimum atomic E-state index is -4.34. The molecule has 0 saturated heterocycles. The van der Waals surface area contributed by atoms with Gasteiger partial charge in [-0.3, -0.25) is 9.78 Å². The van der Waals surface area contributed by atoms with E-state index in [9.17, 15) is 18.0 Å². The molecule has 0 spiro atoms. The Morgan fingerprint density at radius 1 is 1.07 bits per heavy atom. The van der Waals surface area contributed by atoms with Gasteiger partial charge in [-0.25, -0.2) is 0 Å². The Bertz CT molecular complexity index is 963. The van der Waals surface area contributed by atoms with Crippen molar-refractivity contribution in [1.82, 2.24) is 4.98 Å². The van der Waals surface area contributed by atoms with Gasteiger partial charge in [-0.1, -0.05) is 30.3 Å². The van der Waals surface area contributed by atoms with E-state index in [0.29, 0.717) is 11.3 Å². The van der Waals surface area contributed by atoms with Crippen LogP contribution < -0.4 is 0 Å². The predicted octanol–water partition coefficient (Wildman–Crippen LogP) is 5.76. The molecule has 0 unspecified atom stereocenters.